The van der Waals surface area contributed by atoms with Gasteiger partial charge in [-0.2, -0.15) is 5.26 Å². The van der Waals surface area contributed by atoms with Crippen molar-refractivity contribution in [1.29, 1.82) is 5.26 Å². The Morgan fingerprint density at radius 1 is 1.25 bits per heavy atom. The predicted octanol–water partition coefficient (Wildman–Crippen LogP) is 2.77. The second kappa shape index (κ2) is 5.76. The fourth-order valence-corrected chi connectivity index (χ4v) is 3.64. The Kier molecular flexibility index (Phi) is 3.84. The van der Waals surface area contributed by atoms with Crippen LogP contribution in [0.1, 0.15) is 31.2 Å². The Bertz CT molecular complexity index is 520. The van der Waals surface area contributed by atoms with Crippen LogP contribution in [0.15, 0.2) is 30.3 Å². The van der Waals surface area contributed by atoms with Crippen LogP contribution in [0, 0.1) is 23.2 Å². The highest BCUT2D eigenvalue weighted by Gasteiger charge is 2.39. The summed E-state index contributed by atoms with van der Waals surface area (Å²) in [6.45, 7) is 1.76. The van der Waals surface area contributed by atoms with Crippen LogP contribution in [0.3, 0.4) is 0 Å². The molecule has 0 aromatic heterocycles. The van der Waals surface area contributed by atoms with Gasteiger partial charge in [0.05, 0.1) is 12.0 Å². The van der Waals surface area contributed by atoms with Gasteiger partial charge in [0.1, 0.15) is 5.78 Å². The molecule has 0 radical (unpaired) electrons. The Morgan fingerprint density at radius 2 is 2.05 bits per heavy atom. The molecule has 0 amide bonds. The second-order valence-electron chi connectivity index (χ2n) is 5.98. The van der Waals surface area contributed by atoms with Crippen molar-refractivity contribution in [1.82, 2.24) is 4.90 Å². The molecule has 2 aliphatic rings. The van der Waals surface area contributed by atoms with Crippen LogP contribution in [0.2, 0.25) is 0 Å². The molecular formula is C17H20N2O. The van der Waals surface area contributed by atoms with Gasteiger partial charge in [0.25, 0.3) is 0 Å². The molecule has 3 nitrogen and oxygen atoms in total. The van der Waals surface area contributed by atoms with Crippen LogP contribution in [0.5, 0.6) is 0 Å². The summed E-state index contributed by atoms with van der Waals surface area (Å²) in [4.78, 5) is 14.7. The molecule has 0 N–H and O–H groups in total. The molecule has 2 fully saturated rings. The summed E-state index contributed by atoms with van der Waals surface area (Å²) in [6, 6.07) is 13.3. The zero-order chi connectivity index (χ0) is 13.9. The maximum Gasteiger partial charge on any atom is 0.138 e. The molecule has 1 saturated carbocycles. The van der Waals surface area contributed by atoms with Crippen LogP contribution < -0.4 is 0 Å². The zero-order valence-electron chi connectivity index (χ0n) is 11.7. The maximum atomic E-state index is 12.2. The monoisotopic (exact) mass is 268 g/mol. The summed E-state index contributed by atoms with van der Waals surface area (Å²) >= 11 is 0. The van der Waals surface area contributed by atoms with Crippen molar-refractivity contribution in [2.75, 3.05) is 6.54 Å². The Morgan fingerprint density at radius 3 is 2.80 bits per heavy atom. The quantitative estimate of drug-likeness (QED) is 0.828. The van der Waals surface area contributed by atoms with E-state index < -0.39 is 0 Å². The molecule has 1 heterocycles. The van der Waals surface area contributed by atoms with E-state index in [4.69, 9.17) is 0 Å². The maximum absolute atomic E-state index is 12.2. The first-order valence-electron chi connectivity index (χ1n) is 7.48. The van der Waals surface area contributed by atoms with Crippen molar-refractivity contribution >= 4 is 5.78 Å². The number of rotatable bonds is 2. The summed E-state index contributed by atoms with van der Waals surface area (Å²) < 4.78 is 0. The van der Waals surface area contributed by atoms with E-state index in [-0.39, 0.29) is 11.8 Å². The predicted molar refractivity (Wildman–Crippen MR) is 76.7 cm³/mol. The number of nitriles is 1. The van der Waals surface area contributed by atoms with Gasteiger partial charge >= 0.3 is 0 Å². The minimum Gasteiger partial charge on any atom is -0.299 e. The average Bonchev–Trinajstić information content (AvgIpc) is 2.61. The molecule has 3 heteroatoms. The molecule has 0 spiro atoms. The van der Waals surface area contributed by atoms with Crippen molar-refractivity contribution in [2.45, 2.75) is 38.3 Å². The van der Waals surface area contributed by atoms with E-state index in [1.165, 1.54) is 5.56 Å². The lowest BCUT2D eigenvalue weighted by molar-refractivity contribution is -0.124. The van der Waals surface area contributed by atoms with Gasteiger partial charge in [-0.15, -0.1) is 0 Å². The molecule has 1 aromatic carbocycles. The molecule has 3 rings (SSSR count). The number of Topliss-reactive ketones (excluding diaryl/α,β-unsaturated/α-hetero) is 1. The lowest BCUT2D eigenvalue weighted by atomic mass is 9.75. The van der Waals surface area contributed by atoms with Crippen LogP contribution in [0.25, 0.3) is 0 Å². The van der Waals surface area contributed by atoms with Gasteiger partial charge in [-0.3, -0.25) is 9.69 Å². The van der Waals surface area contributed by atoms with Gasteiger partial charge in [0.15, 0.2) is 0 Å². The van der Waals surface area contributed by atoms with Crippen LogP contribution in [-0.2, 0) is 11.3 Å². The van der Waals surface area contributed by atoms with E-state index in [0.717, 1.165) is 32.4 Å². The first kappa shape index (κ1) is 13.3. The molecule has 0 unspecified atom stereocenters. The van der Waals surface area contributed by atoms with Gasteiger partial charge in [0, 0.05) is 31.5 Å². The van der Waals surface area contributed by atoms with E-state index >= 15 is 0 Å². The van der Waals surface area contributed by atoms with Gasteiger partial charge in [0.2, 0.25) is 0 Å². The molecule has 2 bridgehead atoms. The number of ketones is 1. The van der Waals surface area contributed by atoms with Gasteiger partial charge in [-0.1, -0.05) is 30.3 Å². The molecule has 1 aromatic rings. The summed E-state index contributed by atoms with van der Waals surface area (Å²) in [7, 11) is 0. The molecular weight excluding hydrogens is 248 g/mol. The Hall–Kier alpha value is -1.66. The van der Waals surface area contributed by atoms with Crippen molar-refractivity contribution in [3.63, 3.8) is 0 Å². The van der Waals surface area contributed by atoms with E-state index in [1.807, 2.05) is 6.07 Å². The third kappa shape index (κ3) is 2.62. The number of hydrogen-bond acceptors (Lipinski definition) is 3. The highest BCUT2D eigenvalue weighted by molar-refractivity contribution is 5.82. The molecule has 1 saturated heterocycles. The fraction of sp³-hybridized carbons (Fsp3) is 0.529. The number of fused-ring (bicyclic) bond motifs is 2. The highest BCUT2D eigenvalue weighted by atomic mass is 16.1. The number of carbonyl (C=O) groups excluding carboxylic acids is 1. The largest absolute Gasteiger partial charge is 0.299 e. The standard InChI is InChI=1S/C17H20N2O/c18-11-14-6-7-15-10-16(14)17(20)8-9-19(15)12-13-4-2-1-3-5-13/h1-5,14-16H,6-10,12H2/t14-,15-,16-/m0/s1. The van der Waals surface area contributed by atoms with Crippen molar-refractivity contribution in [3.8, 4) is 6.07 Å². The number of nitrogens with zero attached hydrogens (tertiary/aromatic N) is 2. The highest BCUT2D eigenvalue weighted by Crippen LogP contribution is 2.36. The van der Waals surface area contributed by atoms with Crippen LogP contribution in [0.4, 0.5) is 0 Å². The number of likely N-dealkylation sites (tertiary alicyclic amines) is 1. The topological polar surface area (TPSA) is 44.1 Å². The Balaban J connectivity index is 1.75. The summed E-state index contributed by atoms with van der Waals surface area (Å²) in [5.41, 5.74) is 1.31. The van der Waals surface area contributed by atoms with E-state index in [2.05, 4.69) is 35.2 Å². The first-order chi connectivity index (χ1) is 9.78. The van der Waals surface area contributed by atoms with Gasteiger partial charge in [-0.05, 0) is 24.8 Å². The SMILES string of the molecule is N#C[C@@H]1CC[C@H]2C[C@@H]1C(=O)CCN2Cc1ccccc1. The zero-order valence-corrected chi connectivity index (χ0v) is 11.7. The molecule has 1 aliphatic heterocycles. The van der Waals surface area contributed by atoms with Crippen molar-refractivity contribution < 1.29 is 4.79 Å². The van der Waals surface area contributed by atoms with E-state index in [9.17, 15) is 10.1 Å². The number of benzene rings is 1. The average molecular weight is 268 g/mol. The molecule has 1 aliphatic carbocycles. The lowest BCUT2D eigenvalue weighted by Crippen LogP contribution is -2.39. The van der Waals surface area contributed by atoms with Crippen molar-refractivity contribution in [3.05, 3.63) is 35.9 Å². The fourth-order valence-electron chi connectivity index (χ4n) is 3.64. The van der Waals surface area contributed by atoms with Gasteiger partial charge in [-0.25, -0.2) is 0 Å². The minimum absolute atomic E-state index is 0.0143. The summed E-state index contributed by atoms with van der Waals surface area (Å²) in [5, 5.41) is 9.20. The van der Waals surface area contributed by atoms with Crippen molar-refractivity contribution in [2.24, 2.45) is 11.8 Å². The van der Waals surface area contributed by atoms with E-state index in [0.29, 0.717) is 18.2 Å². The van der Waals surface area contributed by atoms with Gasteiger partial charge < -0.3 is 0 Å². The smallest absolute Gasteiger partial charge is 0.138 e. The van der Waals surface area contributed by atoms with Crippen LogP contribution in [-0.4, -0.2) is 23.3 Å². The normalized spacial score (nSPS) is 30.6. The molecule has 3 atom stereocenters. The third-order valence-corrected chi connectivity index (χ3v) is 4.79. The second-order valence-corrected chi connectivity index (χ2v) is 5.98. The van der Waals surface area contributed by atoms with Crippen LogP contribution >= 0.6 is 0 Å². The summed E-state index contributed by atoms with van der Waals surface area (Å²) in [6.07, 6.45) is 3.41. The number of hydrogen-bond donors (Lipinski definition) is 0. The minimum atomic E-state index is -0.0459. The first-order valence-corrected chi connectivity index (χ1v) is 7.48. The molecule has 20 heavy (non-hydrogen) atoms. The Labute approximate surface area is 120 Å². The molecule has 104 valence electrons. The number of carbonyl (C=O) groups is 1. The van der Waals surface area contributed by atoms with E-state index in [1.54, 1.807) is 0 Å². The summed E-state index contributed by atoms with van der Waals surface area (Å²) in [5.74, 6) is 0.242. The lowest BCUT2D eigenvalue weighted by Gasteiger charge is -2.35. The third-order valence-electron chi connectivity index (χ3n) is 4.79.